The summed E-state index contributed by atoms with van der Waals surface area (Å²) in [6.07, 6.45) is 0. The van der Waals surface area contributed by atoms with Gasteiger partial charge in [0.25, 0.3) is 0 Å². The van der Waals surface area contributed by atoms with Crippen molar-refractivity contribution in [3.05, 3.63) is 58.3 Å². The van der Waals surface area contributed by atoms with Gasteiger partial charge in [-0.3, -0.25) is 4.79 Å². The number of halogens is 2. The van der Waals surface area contributed by atoms with Crippen molar-refractivity contribution in [1.29, 1.82) is 0 Å². The third-order valence-electron chi connectivity index (χ3n) is 2.53. The van der Waals surface area contributed by atoms with Crippen LogP contribution in [0.25, 0.3) is 11.1 Å². The number of rotatable bonds is 2. The molecule has 0 aliphatic rings. The van der Waals surface area contributed by atoms with Crippen LogP contribution >= 0.6 is 15.9 Å². The standard InChI is InChI=1S/C14H10BrFO/c1-9(17)11-4-7-13(14(16)8-11)10-2-5-12(15)6-3-10/h2-8H,1H3. The molecule has 0 aliphatic carbocycles. The van der Waals surface area contributed by atoms with Crippen LogP contribution in [0.5, 0.6) is 0 Å². The molecule has 0 atom stereocenters. The Hall–Kier alpha value is -1.48. The molecule has 2 rings (SSSR count). The Labute approximate surface area is 107 Å². The van der Waals surface area contributed by atoms with Gasteiger partial charge in [0.1, 0.15) is 5.82 Å². The lowest BCUT2D eigenvalue weighted by atomic mass is 10.0. The Bertz CT molecular complexity index is 561. The Morgan fingerprint density at radius 2 is 1.76 bits per heavy atom. The van der Waals surface area contributed by atoms with Crippen molar-refractivity contribution < 1.29 is 9.18 Å². The number of hydrogen-bond acceptors (Lipinski definition) is 1. The molecule has 0 N–H and O–H groups in total. The van der Waals surface area contributed by atoms with Gasteiger partial charge in [-0.2, -0.15) is 0 Å². The summed E-state index contributed by atoms with van der Waals surface area (Å²) in [6, 6.07) is 11.9. The summed E-state index contributed by atoms with van der Waals surface area (Å²) in [6.45, 7) is 1.42. The zero-order valence-corrected chi connectivity index (χ0v) is 10.8. The molecular formula is C14H10BrFO. The van der Waals surface area contributed by atoms with Crippen LogP contribution in [0.3, 0.4) is 0 Å². The molecule has 0 radical (unpaired) electrons. The molecule has 1 nitrogen and oxygen atoms in total. The third-order valence-corrected chi connectivity index (χ3v) is 3.06. The fourth-order valence-corrected chi connectivity index (χ4v) is 1.86. The second-order valence-corrected chi connectivity index (χ2v) is 4.67. The van der Waals surface area contributed by atoms with Crippen LogP contribution in [0, 0.1) is 5.82 Å². The van der Waals surface area contributed by atoms with Gasteiger partial charge in [-0.05, 0) is 30.7 Å². The predicted octanol–water partition coefficient (Wildman–Crippen LogP) is 4.46. The molecule has 0 saturated carbocycles. The van der Waals surface area contributed by atoms with E-state index in [0.717, 1.165) is 10.0 Å². The highest BCUT2D eigenvalue weighted by molar-refractivity contribution is 9.10. The highest BCUT2D eigenvalue weighted by Crippen LogP contribution is 2.25. The topological polar surface area (TPSA) is 17.1 Å². The van der Waals surface area contributed by atoms with Gasteiger partial charge in [-0.1, -0.05) is 40.2 Å². The Balaban J connectivity index is 2.46. The molecule has 0 saturated heterocycles. The van der Waals surface area contributed by atoms with Crippen LogP contribution < -0.4 is 0 Å². The summed E-state index contributed by atoms with van der Waals surface area (Å²) in [5, 5.41) is 0. The number of hydrogen-bond donors (Lipinski definition) is 0. The SMILES string of the molecule is CC(=O)c1ccc(-c2ccc(Br)cc2)c(F)c1. The maximum atomic E-state index is 13.8. The van der Waals surface area contributed by atoms with E-state index in [1.165, 1.54) is 13.0 Å². The van der Waals surface area contributed by atoms with Crippen molar-refractivity contribution in [2.75, 3.05) is 0 Å². The van der Waals surface area contributed by atoms with Gasteiger partial charge >= 0.3 is 0 Å². The van der Waals surface area contributed by atoms with Crippen LogP contribution in [0.2, 0.25) is 0 Å². The maximum absolute atomic E-state index is 13.8. The zero-order valence-electron chi connectivity index (χ0n) is 9.21. The molecule has 2 aromatic rings. The molecule has 0 heterocycles. The van der Waals surface area contributed by atoms with Crippen molar-refractivity contribution >= 4 is 21.7 Å². The average molecular weight is 293 g/mol. The molecule has 0 spiro atoms. The number of Topliss-reactive ketones (excluding diaryl/α,β-unsaturated/α-hetero) is 1. The Kier molecular flexibility index (Phi) is 3.38. The van der Waals surface area contributed by atoms with E-state index in [1.54, 1.807) is 12.1 Å². The minimum Gasteiger partial charge on any atom is -0.295 e. The number of benzene rings is 2. The molecule has 0 aliphatic heterocycles. The van der Waals surface area contributed by atoms with Crippen LogP contribution in [-0.4, -0.2) is 5.78 Å². The molecule has 0 fully saturated rings. The predicted molar refractivity (Wildman–Crippen MR) is 69.5 cm³/mol. The molecule has 17 heavy (non-hydrogen) atoms. The van der Waals surface area contributed by atoms with Gasteiger partial charge in [0.2, 0.25) is 0 Å². The first-order valence-electron chi connectivity index (χ1n) is 5.14. The van der Waals surface area contributed by atoms with E-state index in [1.807, 2.05) is 24.3 Å². The molecule has 0 amide bonds. The van der Waals surface area contributed by atoms with Crippen molar-refractivity contribution in [3.63, 3.8) is 0 Å². The fourth-order valence-electron chi connectivity index (χ4n) is 1.60. The molecule has 2 aromatic carbocycles. The zero-order chi connectivity index (χ0) is 12.4. The summed E-state index contributed by atoms with van der Waals surface area (Å²) in [5.41, 5.74) is 1.69. The van der Waals surface area contributed by atoms with Gasteiger partial charge < -0.3 is 0 Å². The highest BCUT2D eigenvalue weighted by atomic mass is 79.9. The summed E-state index contributed by atoms with van der Waals surface area (Å²) < 4.78 is 14.8. The highest BCUT2D eigenvalue weighted by Gasteiger charge is 2.08. The molecule has 86 valence electrons. The van der Waals surface area contributed by atoms with E-state index in [4.69, 9.17) is 0 Å². The van der Waals surface area contributed by atoms with E-state index in [2.05, 4.69) is 15.9 Å². The van der Waals surface area contributed by atoms with E-state index in [-0.39, 0.29) is 11.6 Å². The first-order chi connectivity index (χ1) is 8.08. The van der Waals surface area contributed by atoms with Gasteiger partial charge in [0.15, 0.2) is 5.78 Å². The van der Waals surface area contributed by atoms with E-state index in [9.17, 15) is 9.18 Å². The summed E-state index contributed by atoms with van der Waals surface area (Å²) in [4.78, 5) is 11.1. The largest absolute Gasteiger partial charge is 0.295 e. The molecular weight excluding hydrogens is 283 g/mol. The van der Waals surface area contributed by atoms with Gasteiger partial charge in [0.05, 0.1) is 0 Å². The summed E-state index contributed by atoms with van der Waals surface area (Å²) in [5.74, 6) is -0.508. The molecule has 0 bridgehead atoms. The lowest BCUT2D eigenvalue weighted by Gasteiger charge is -2.05. The van der Waals surface area contributed by atoms with Crippen LogP contribution in [0.1, 0.15) is 17.3 Å². The van der Waals surface area contributed by atoms with E-state index >= 15 is 0 Å². The van der Waals surface area contributed by atoms with Gasteiger partial charge in [0, 0.05) is 15.6 Å². The third kappa shape index (κ3) is 2.61. The quantitative estimate of drug-likeness (QED) is 0.747. The van der Waals surface area contributed by atoms with Crippen LogP contribution in [0.4, 0.5) is 4.39 Å². The maximum Gasteiger partial charge on any atom is 0.159 e. The number of carbonyl (C=O) groups excluding carboxylic acids is 1. The molecule has 0 unspecified atom stereocenters. The summed E-state index contributed by atoms with van der Waals surface area (Å²) in [7, 11) is 0. The van der Waals surface area contributed by atoms with Gasteiger partial charge in [-0.25, -0.2) is 4.39 Å². The van der Waals surface area contributed by atoms with Crippen LogP contribution in [-0.2, 0) is 0 Å². The van der Waals surface area contributed by atoms with E-state index < -0.39 is 0 Å². The first-order valence-corrected chi connectivity index (χ1v) is 5.93. The minimum atomic E-state index is -0.375. The van der Waals surface area contributed by atoms with Crippen molar-refractivity contribution in [1.82, 2.24) is 0 Å². The van der Waals surface area contributed by atoms with Crippen LogP contribution in [0.15, 0.2) is 46.9 Å². The van der Waals surface area contributed by atoms with Crippen molar-refractivity contribution in [2.45, 2.75) is 6.92 Å². The average Bonchev–Trinajstić information content (AvgIpc) is 2.30. The van der Waals surface area contributed by atoms with Crippen molar-refractivity contribution in [3.8, 4) is 11.1 Å². The summed E-state index contributed by atoms with van der Waals surface area (Å²) >= 11 is 3.33. The lowest BCUT2D eigenvalue weighted by Crippen LogP contribution is -1.94. The Morgan fingerprint density at radius 3 is 2.29 bits per heavy atom. The minimum absolute atomic E-state index is 0.133. The van der Waals surface area contributed by atoms with E-state index in [0.29, 0.717) is 11.1 Å². The Morgan fingerprint density at radius 1 is 1.12 bits per heavy atom. The smallest absolute Gasteiger partial charge is 0.159 e. The number of ketones is 1. The second-order valence-electron chi connectivity index (χ2n) is 3.76. The normalized spacial score (nSPS) is 10.3. The lowest BCUT2D eigenvalue weighted by molar-refractivity contribution is 0.101. The van der Waals surface area contributed by atoms with Crippen molar-refractivity contribution in [2.24, 2.45) is 0 Å². The van der Waals surface area contributed by atoms with Gasteiger partial charge in [-0.15, -0.1) is 0 Å². The monoisotopic (exact) mass is 292 g/mol. The molecule has 3 heteroatoms. The number of carbonyl (C=O) groups is 1. The fraction of sp³-hybridized carbons (Fsp3) is 0.0714. The second kappa shape index (κ2) is 4.80. The molecule has 0 aromatic heterocycles. The first kappa shape index (κ1) is 12.0.